The van der Waals surface area contributed by atoms with E-state index in [1.165, 1.54) is 23.3 Å². The molecule has 2 heterocycles. The van der Waals surface area contributed by atoms with Gasteiger partial charge in [-0.15, -0.1) is 11.3 Å². The summed E-state index contributed by atoms with van der Waals surface area (Å²) in [5.41, 5.74) is 3.40. The van der Waals surface area contributed by atoms with E-state index in [1.807, 2.05) is 4.72 Å². The average molecular weight is 564 g/mol. The van der Waals surface area contributed by atoms with Crippen LogP contribution in [0.5, 0.6) is 0 Å². The van der Waals surface area contributed by atoms with Gasteiger partial charge in [-0.1, -0.05) is 6.08 Å². The quantitative estimate of drug-likeness (QED) is 0.450. The van der Waals surface area contributed by atoms with E-state index in [1.54, 1.807) is 43.6 Å². The molecule has 202 valence electrons. The average Bonchev–Trinajstić information content (AvgIpc) is 3.29. The molecule has 38 heavy (non-hydrogen) atoms. The van der Waals surface area contributed by atoms with Gasteiger partial charge in [0.15, 0.2) is 0 Å². The van der Waals surface area contributed by atoms with E-state index < -0.39 is 39.8 Å². The highest BCUT2D eigenvalue weighted by Crippen LogP contribution is 2.25. The van der Waals surface area contributed by atoms with Gasteiger partial charge in [0.05, 0.1) is 15.7 Å². The fourth-order valence-electron chi connectivity index (χ4n) is 4.45. The maximum Gasteiger partial charge on any atom is 0.330 e. The van der Waals surface area contributed by atoms with Gasteiger partial charge in [0.2, 0.25) is 5.91 Å². The molecule has 0 aliphatic carbocycles. The van der Waals surface area contributed by atoms with Crippen LogP contribution in [0.3, 0.4) is 0 Å². The third-order valence-corrected chi connectivity index (χ3v) is 8.67. The molecule has 0 saturated heterocycles. The summed E-state index contributed by atoms with van der Waals surface area (Å²) in [7, 11) is -2.80. The largest absolute Gasteiger partial charge is 0.330 e. The Hall–Kier alpha value is -3.58. The van der Waals surface area contributed by atoms with Gasteiger partial charge in [0, 0.05) is 37.0 Å². The zero-order valence-corrected chi connectivity index (χ0v) is 22.6. The van der Waals surface area contributed by atoms with Crippen molar-refractivity contribution in [3.63, 3.8) is 0 Å². The Morgan fingerprint density at radius 2 is 1.92 bits per heavy atom. The smallest absolute Gasteiger partial charge is 0.325 e. The van der Waals surface area contributed by atoms with Crippen molar-refractivity contribution in [1.82, 2.24) is 19.3 Å². The predicted molar refractivity (Wildman–Crippen MR) is 142 cm³/mol. The summed E-state index contributed by atoms with van der Waals surface area (Å²) in [4.78, 5) is 31.9. The number of likely N-dealkylation sites (N-methyl/N-ethyl adjacent to an activating group) is 1. The van der Waals surface area contributed by atoms with Crippen molar-refractivity contribution in [3.8, 4) is 0 Å². The van der Waals surface area contributed by atoms with Crippen molar-refractivity contribution in [2.45, 2.75) is 45.2 Å². The molecule has 0 radical (unpaired) electrons. The molecule has 1 aromatic heterocycles. The molecule has 1 unspecified atom stereocenters. The lowest BCUT2D eigenvalue weighted by Gasteiger charge is -2.34. The summed E-state index contributed by atoms with van der Waals surface area (Å²) in [6.45, 7) is 3.36. The number of carbonyl (C=O) groups excluding carboxylic acids is 2. The van der Waals surface area contributed by atoms with E-state index in [0.29, 0.717) is 35.8 Å². The number of urea groups is 1. The minimum absolute atomic E-state index is 0.107. The van der Waals surface area contributed by atoms with Crippen LogP contribution < -0.4 is 14.9 Å². The van der Waals surface area contributed by atoms with E-state index in [9.17, 15) is 26.8 Å². The van der Waals surface area contributed by atoms with Gasteiger partial charge in [-0.2, -0.15) is 8.42 Å². The number of aromatic nitrogens is 1. The molecule has 2 N–H and O–H groups in total. The first-order valence-electron chi connectivity index (χ1n) is 11.8. The fraction of sp³-hybridized carbons (Fsp3) is 0.320. The molecule has 0 saturated carbocycles. The summed E-state index contributed by atoms with van der Waals surface area (Å²) in [5.74, 6) is -2.32. The zero-order chi connectivity index (χ0) is 27.6. The Bertz CT molecular complexity index is 1490. The second-order valence-corrected chi connectivity index (χ2v) is 11.5. The monoisotopic (exact) mass is 563 g/mol. The van der Waals surface area contributed by atoms with Gasteiger partial charge in [-0.05, 0) is 62.6 Å². The van der Waals surface area contributed by atoms with Crippen LogP contribution in [0.2, 0.25) is 0 Å². The maximum absolute atomic E-state index is 13.9. The van der Waals surface area contributed by atoms with Gasteiger partial charge in [0.25, 0.3) is 0 Å². The molecular weight excluding hydrogens is 536 g/mol. The molecular formula is C25H27F2N5O4S2. The van der Waals surface area contributed by atoms with Crippen LogP contribution in [0.15, 0.2) is 53.7 Å². The van der Waals surface area contributed by atoms with E-state index in [2.05, 4.69) is 10.3 Å². The van der Waals surface area contributed by atoms with Gasteiger partial charge in [-0.3, -0.25) is 9.10 Å². The molecule has 3 amide bonds. The van der Waals surface area contributed by atoms with Crippen molar-refractivity contribution in [1.29, 1.82) is 0 Å². The molecule has 3 aromatic rings. The number of hydrogen-bond acceptors (Lipinski definition) is 6. The zero-order valence-electron chi connectivity index (χ0n) is 20.9. The fourth-order valence-corrected chi connectivity index (χ4v) is 6.53. The summed E-state index contributed by atoms with van der Waals surface area (Å²) < 4.78 is 57.7. The van der Waals surface area contributed by atoms with Crippen molar-refractivity contribution < 1.29 is 26.8 Å². The Morgan fingerprint density at radius 1 is 1.21 bits per heavy atom. The summed E-state index contributed by atoms with van der Waals surface area (Å²) >= 11 is 1.44. The Kier molecular flexibility index (Phi) is 7.97. The summed E-state index contributed by atoms with van der Waals surface area (Å²) in [6, 6.07) is 5.12. The van der Waals surface area contributed by atoms with E-state index in [0.717, 1.165) is 21.1 Å². The van der Waals surface area contributed by atoms with Crippen LogP contribution in [0.25, 0.3) is 10.2 Å². The molecule has 9 nitrogen and oxygen atoms in total. The SMILES string of the molecule is CC1=CCCC(C)N1S(=O)(=O)NC(=O)N[C@@H](Cc1cc(F)cc(F)c1)C(=O)N(C)c1ccc2scnc2c1. The van der Waals surface area contributed by atoms with E-state index >= 15 is 0 Å². The lowest BCUT2D eigenvalue weighted by molar-refractivity contribution is -0.120. The maximum atomic E-state index is 13.9. The molecule has 0 bridgehead atoms. The Morgan fingerprint density at radius 3 is 2.61 bits per heavy atom. The molecule has 0 spiro atoms. The third-order valence-electron chi connectivity index (χ3n) is 6.25. The Labute approximate surface area is 223 Å². The van der Waals surface area contributed by atoms with Crippen molar-refractivity contribution in [2.75, 3.05) is 11.9 Å². The van der Waals surface area contributed by atoms with E-state index in [4.69, 9.17) is 0 Å². The minimum atomic E-state index is -4.28. The van der Waals surface area contributed by atoms with Crippen LogP contribution in [0, 0.1) is 11.6 Å². The lowest BCUT2D eigenvalue weighted by atomic mass is 10.0. The van der Waals surface area contributed by atoms with Crippen LogP contribution in [0.1, 0.15) is 32.3 Å². The number of amides is 3. The first kappa shape index (κ1) is 27.5. The van der Waals surface area contributed by atoms with Crippen LogP contribution in [-0.4, -0.2) is 48.8 Å². The highest BCUT2D eigenvalue weighted by Gasteiger charge is 2.33. The van der Waals surface area contributed by atoms with Gasteiger partial charge in [0.1, 0.15) is 17.7 Å². The number of nitrogens with zero attached hydrogens (tertiary/aromatic N) is 3. The first-order chi connectivity index (χ1) is 17.9. The number of hydrogen-bond donors (Lipinski definition) is 2. The number of rotatable bonds is 7. The highest BCUT2D eigenvalue weighted by atomic mass is 32.2. The predicted octanol–water partition coefficient (Wildman–Crippen LogP) is 4.08. The van der Waals surface area contributed by atoms with Gasteiger partial charge >= 0.3 is 16.2 Å². The number of halogens is 2. The molecule has 2 atom stereocenters. The number of anilines is 1. The topological polar surface area (TPSA) is 112 Å². The van der Waals surface area contributed by atoms with E-state index in [-0.39, 0.29) is 18.0 Å². The van der Waals surface area contributed by atoms with Crippen LogP contribution in [-0.2, 0) is 21.4 Å². The number of nitrogens with one attached hydrogen (secondary N) is 2. The molecule has 13 heteroatoms. The number of benzene rings is 2. The summed E-state index contributed by atoms with van der Waals surface area (Å²) in [6.07, 6.45) is 2.77. The van der Waals surface area contributed by atoms with Crippen molar-refractivity contribution in [2.24, 2.45) is 0 Å². The third kappa shape index (κ3) is 6.10. The van der Waals surface area contributed by atoms with Crippen LogP contribution >= 0.6 is 11.3 Å². The minimum Gasteiger partial charge on any atom is -0.325 e. The second-order valence-electron chi connectivity index (χ2n) is 9.08. The highest BCUT2D eigenvalue weighted by molar-refractivity contribution is 7.87. The van der Waals surface area contributed by atoms with Crippen molar-refractivity contribution >= 4 is 49.4 Å². The first-order valence-corrected chi connectivity index (χ1v) is 14.1. The standard InChI is InChI=1S/C25H27F2N5O4S2/c1-15-5-4-6-16(2)32(15)38(35,36)30-25(34)29-22(11-17-9-18(26)12-19(27)10-17)24(33)31(3)20-7-8-23-21(13-20)28-14-37-23/h5,7-10,12-14,16,22H,4,6,11H2,1-3H3,(H2,29,30,34)/t16?,22-/m0/s1. The molecule has 4 rings (SSSR count). The number of thiazole rings is 1. The van der Waals surface area contributed by atoms with Crippen molar-refractivity contribution in [3.05, 3.63) is 70.9 Å². The molecule has 0 fully saturated rings. The summed E-state index contributed by atoms with van der Waals surface area (Å²) in [5, 5.41) is 2.39. The molecule has 2 aromatic carbocycles. The molecule has 1 aliphatic rings. The normalized spacial score (nSPS) is 16.6. The lowest BCUT2D eigenvalue weighted by Crippen LogP contribution is -2.55. The Balaban J connectivity index is 1.58. The van der Waals surface area contributed by atoms with Gasteiger partial charge in [-0.25, -0.2) is 23.3 Å². The van der Waals surface area contributed by atoms with Crippen LogP contribution in [0.4, 0.5) is 19.3 Å². The number of fused-ring (bicyclic) bond motifs is 1. The second kappa shape index (κ2) is 11.0. The number of carbonyl (C=O) groups is 2. The number of allylic oxidation sites excluding steroid dienone is 2. The van der Waals surface area contributed by atoms with Gasteiger partial charge < -0.3 is 10.2 Å². The molecule has 1 aliphatic heterocycles.